The number of benzene rings is 1. The minimum absolute atomic E-state index is 0.507. The van der Waals surface area contributed by atoms with Crippen LogP contribution >= 0.6 is 12.2 Å². The number of ether oxygens (including phenoxy) is 1. The third-order valence-corrected chi connectivity index (χ3v) is 3.21. The monoisotopic (exact) mass is 282 g/mol. The number of thiocarbonyl (C=S) groups is 1. The highest BCUT2D eigenvalue weighted by Crippen LogP contribution is 2.29. The van der Waals surface area contributed by atoms with Crippen molar-refractivity contribution in [1.82, 2.24) is 4.90 Å². The van der Waals surface area contributed by atoms with Gasteiger partial charge < -0.3 is 20.1 Å². The van der Waals surface area contributed by atoms with Gasteiger partial charge in [0.15, 0.2) is 5.11 Å². The molecular weight excluding hydrogens is 264 g/mol. The fraction of sp³-hybridized carbons (Fsp3) is 0.385. The first-order chi connectivity index (χ1) is 8.86. The lowest BCUT2D eigenvalue weighted by Gasteiger charge is -2.20. The molecule has 1 rings (SSSR count). The van der Waals surface area contributed by atoms with Crippen LogP contribution in [0.5, 0.6) is 5.75 Å². The van der Waals surface area contributed by atoms with Gasteiger partial charge in [-0.1, -0.05) is 6.07 Å². The van der Waals surface area contributed by atoms with E-state index in [0.29, 0.717) is 22.1 Å². The summed E-state index contributed by atoms with van der Waals surface area (Å²) in [7, 11) is 5.19. The predicted octanol–water partition coefficient (Wildman–Crippen LogP) is 2.14. The summed E-state index contributed by atoms with van der Waals surface area (Å²) in [6, 6.07) is 5.21. The molecule has 0 bridgehead atoms. The van der Waals surface area contributed by atoms with Gasteiger partial charge in [-0.15, -0.1) is 0 Å². The smallest absolute Gasteiger partial charge is 0.310 e. The molecule has 104 valence electrons. The lowest BCUT2D eigenvalue weighted by Crippen LogP contribution is -2.28. The highest BCUT2D eigenvalue weighted by atomic mass is 32.1. The van der Waals surface area contributed by atoms with Crippen LogP contribution in [-0.4, -0.2) is 42.3 Å². The fourth-order valence-corrected chi connectivity index (χ4v) is 1.62. The Morgan fingerprint density at radius 1 is 1.47 bits per heavy atom. The van der Waals surface area contributed by atoms with Crippen LogP contribution in [0.25, 0.3) is 0 Å². The molecular formula is C13H18N2O3S. The van der Waals surface area contributed by atoms with Gasteiger partial charge in [0, 0.05) is 25.8 Å². The molecule has 1 unspecified atom stereocenters. The number of hydrogen-bond donors (Lipinski definition) is 2. The molecule has 0 aliphatic rings. The molecule has 0 radical (unpaired) electrons. The van der Waals surface area contributed by atoms with Gasteiger partial charge in [0.05, 0.1) is 13.0 Å². The molecule has 0 heterocycles. The molecule has 2 N–H and O–H groups in total. The Kier molecular flexibility index (Phi) is 5.11. The average molecular weight is 282 g/mol. The van der Waals surface area contributed by atoms with E-state index < -0.39 is 11.9 Å². The van der Waals surface area contributed by atoms with Gasteiger partial charge in [-0.25, -0.2) is 0 Å². The molecule has 0 fully saturated rings. The summed E-state index contributed by atoms with van der Waals surface area (Å²) < 4.78 is 5.15. The number of aliphatic carboxylic acids is 1. The van der Waals surface area contributed by atoms with Crippen LogP contribution in [0.15, 0.2) is 18.2 Å². The number of carbonyl (C=O) groups is 1. The number of anilines is 1. The summed E-state index contributed by atoms with van der Waals surface area (Å²) in [5, 5.41) is 12.7. The van der Waals surface area contributed by atoms with E-state index in [2.05, 4.69) is 5.32 Å². The maximum Gasteiger partial charge on any atom is 0.310 e. The normalized spacial score (nSPS) is 11.6. The van der Waals surface area contributed by atoms with Crippen molar-refractivity contribution in [3.05, 3.63) is 23.8 Å². The van der Waals surface area contributed by atoms with Crippen molar-refractivity contribution in [2.24, 2.45) is 0 Å². The Morgan fingerprint density at radius 2 is 2.11 bits per heavy atom. The SMILES string of the molecule is COc1ccc(C(C)C(=O)O)c(NC(=S)N(C)C)c1. The molecule has 0 aromatic heterocycles. The van der Waals surface area contributed by atoms with Crippen LogP contribution in [0.2, 0.25) is 0 Å². The molecule has 0 saturated carbocycles. The van der Waals surface area contributed by atoms with E-state index in [1.807, 2.05) is 14.1 Å². The molecule has 5 nitrogen and oxygen atoms in total. The van der Waals surface area contributed by atoms with Gasteiger partial charge in [0.1, 0.15) is 5.75 Å². The molecule has 1 aromatic carbocycles. The first-order valence-electron chi connectivity index (χ1n) is 5.75. The third-order valence-electron chi connectivity index (χ3n) is 2.75. The summed E-state index contributed by atoms with van der Waals surface area (Å²) in [6.07, 6.45) is 0. The zero-order valence-corrected chi connectivity index (χ0v) is 12.2. The van der Waals surface area contributed by atoms with Crippen LogP contribution in [0, 0.1) is 0 Å². The zero-order chi connectivity index (χ0) is 14.6. The van der Waals surface area contributed by atoms with Crippen LogP contribution in [0.1, 0.15) is 18.4 Å². The number of carboxylic acid groups (broad SMARTS) is 1. The second kappa shape index (κ2) is 6.38. The molecule has 1 atom stereocenters. The van der Waals surface area contributed by atoms with E-state index in [-0.39, 0.29) is 0 Å². The summed E-state index contributed by atoms with van der Waals surface area (Å²) in [6.45, 7) is 1.63. The number of nitrogens with zero attached hydrogens (tertiary/aromatic N) is 1. The van der Waals surface area contributed by atoms with Gasteiger partial charge in [-0.05, 0) is 30.8 Å². The Balaban J connectivity index is 3.16. The molecule has 0 saturated heterocycles. The topological polar surface area (TPSA) is 61.8 Å². The van der Waals surface area contributed by atoms with E-state index in [9.17, 15) is 4.79 Å². The minimum atomic E-state index is -0.885. The molecule has 0 aliphatic heterocycles. The zero-order valence-electron chi connectivity index (χ0n) is 11.4. The molecule has 19 heavy (non-hydrogen) atoms. The van der Waals surface area contributed by atoms with Crippen molar-refractivity contribution >= 4 is 29.0 Å². The number of rotatable bonds is 4. The summed E-state index contributed by atoms with van der Waals surface area (Å²) >= 11 is 5.18. The number of carboxylic acids is 1. The second-order valence-electron chi connectivity index (χ2n) is 4.34. The molecule has 0 amide bonds. The van der Waals surface area contributed by atoms with Crippen molar-refractivity contribution < 1.29 is 14.6 Å². The largest absolute Gasteiger partial charge is 0.497 e. The Morgan fingerprint density at radius 3 is 2.58 bits per heavy atom. The van der Waals surface area contributed by atoms with Gasteiger partial charge in [-0.2, -0.15) is 0 Å². The van der Waals surface area contributed by atoms with Gasteiger partial charge in [0.2, 0.25) is 0 Å². The van der Waals surface area contributed by atoms with Crippen molar-refractivity contribution in [2.75, 3.05) is 26.5 Å². The first kappa shape index (κ1) is 15.2. The maximum atomic E-state index is 11.1. The van der Waals surface area contributed by atoms with Crippen LogP contribution in [0.4, 0.5) is 5.69 Å². The molecule has 0 aliphatic carbocycles. The first-order valence-corrected chi connectivity index (χ1v) is 6.16. The van der Waals surface area contributed by atoms with Crippen molar-refractivity contribution in [3.63, 3.8) is 0 Å². The standard InChI is InChI=1S/C13H18N2O3S/c1-8(12(16)17)10-6-5-9(18-4)7-11(10)14-13(19)15(2)3/h5-8H,1-4H3,(H,14,19)(H,16,17). The van der Waals surface area contributed by atoms with Crippen molar-refractivity contribution in [2.45, 2.75) is 12.8 Å². The molecule has 0 spiro atoms. The van der Waals surface area contributed by atoms with E-state index in [0.717, 1.165) is 0 Å². The average Bonchev–Trinajstić information content (AvgIpc) is 2.37. The Labute approximate surface area is 118 Å². The summed E-state index contributed by atoms with van der Waals surface area (Å²) in [4.78, 5) is 12.9. The Bertz CT molecular complexity index is 489. The second-order valence-corrected chi connectivity index (χ2v) is 4.72. The predicted molar refractivity (Wildman–Crippen MR) is 79.0 cm³/mol. The minimum Gasteiger partial charge on any atom is -0.497 e. The Hall–Kier alpha value is -1.82. The number of hydrogen-bond acceptors (Lipinski definition) is 3. The third kappa shape index (κ3) is 3.82. The molecule has 6 heteroatoms. The van der Waals surface area contributed by atoms with Crippen LogP contribution in [0.3, 0.4) is 0 Å². The van der Waals surface area contributed by atoms with E-state index in [4.69, 9.17) is 22.1 Å². The van der Waals surface area contributed by atoms with Gasteiger partial charge in [-0.3, -0.25) is 4.79 Å². The highest BCUT2D eigenvalue weighted by Gasteiger charge is 2.18. The quantitative estimate of drug-likeness (QED) is 0.825. The lowest BCUT2D eigenvalue weighted by molar-refractivity contribution is -0.138. The fourth-order valence-electron chi connectivity index (χ4n) is 1.51. The van der Waals surface area contributed by atoms with Gasteiger partial charge in [0.25, 0.3) is 0 Å². The maximum absolute atomic E-state index is 11.1. The summed E-state index contributed by atoms with van der Waals surface area (Å²) in [5.41, 5.74) is 1.31. The number of methoxy groups -OCH3 is 1. The van der Waals surface area contributed by atoms with E-state index >= 15 is 0 Å². The van der Waals surface area contributed by atoms with Crippen molar-refractivity contribution in [1.29, 1.82) is 0 Å². The van der Waals surface area contributed by atoms with Crippen LogP contribution < -0.4 is 10.1 Å². The van der Waals surface area contributed by atoms with E-state index in [1.54, 1.807) is 37.1 Å². The molecule has 1 aromatic rings. The van der Waals surface area contributed by atoms with Gasteiger partial charge >= 0.3 is 5.97 Å². The highest BCUT2D eigenvalue weighted by molar-refractivity contribution is 7.80. The van der Waals surface area contributed by atoms with Crippen molar-refractivity contribution in [3.8, 4) is 5.75 Å². The van der Waals surface area contributed by atoms with Crippen LogP contribution in [-0.2, 0) is 4.79 Å². The summed E-state index contributed by atoms with van der Waals surface area (Å²) in [5.74, 6) is -0.868. The number of nitrogens with one attached hydrogen (secondary N) is 1. The van der Waals surface area contributed by atoms with E-state index in [1.165, 1.54) is 0 Å². The lowest BCUT2D eigenvalue weighted by atomic mass is 9.99.